The number of para-hydroxylation sites is 1. The van der Waals surface area contributed by atoms with Crippen LogP contribution in [0.5, 0.6) is 0 Å². The largest absolute Gasteiger partial charge is 0.269 e. The lowest BCUT2D eigenvalue weighted by Crippen LogP contribution is -1.99. The topological polar surface area (TPSA) is 38.0 Å². The van der Waals surface area contributed by atoms with E-state index in [1.807, 2.05) is 47.0 Å². The number of hydrogen-bond acceptors (Lipinski definition) is 3. The predicted octanol–water partition coefficient (Wildman–Crippen LogP) is 4.72. The van der Waals surface area contributed by atoms with Crippen molar-refractivity contribution < 1.29 is 0 Å². The van der Waals surface area contributed by atoms with Gasteiger partial charge in [-0.15, -0.1) is 0 Å². The minimum Gasteiger partial charge on any atom is -0.269 e. The van der Waals surface area contributed by atoms with E-state index in [1.54, 1.807) is 10.6 Å². The van der Waals surface area contributed by atoms with Crippen LogP contribution in [0, 0.1) is 9.54 Å². The molecule has 0 aliphatic carbocycles. The molecular weight excluding hydrogens is 336 g/mol. The van der Waals surface area contributed by atoms with Crippen molar-refractivity contribution in [1.82, 2.24) is 19.2 Å². The molecule has 108 valence electrons. The van der Waals surface area contributed by atoms with Gasteiger partial charge in [0.15, 0.2) is 10.4 Å². The second kappa shape index (κ2) is 5.01. The zero-order chi connectivity index (χ0) is 15.3. The van der Waals surface area contributed by atoms with Gasteiger partial charge in [0.2, 0.25) is 4.77 Å². The quantitative estimate of drug-likeness (QED) is 0.508. The number of halogens is 1. The molecule has 0 amide bonds. The molecule has 4 nitrogen and oxygen atoms in total. The van der Waals surface area contributed by atoms with Crippen LogP contribution < -0.4 is 0 Å². The van der Waals surface area contributed by atoms with E-state index in [9.17, 15) is 0 Å². The van der Waals surface area contributed by atoms with Gasteiger partial charge in [0, 0.05) is 16.1 Å². The molecule has 2 heterocycles. The molecule has 2 aromatic carbocycles. The number of nitrogens with one attached hydrogen (secondary N) is 1. The van der Waals surface area contributed by atoms with Crippen LogP contribution in [0.25, 0.3) is 22.2 Å². The summed E-state index contributed by atoms with van der Waals surface area (Å²) in [5.74, 6) is 0. The summed E-state index contributed by atoms with van der Waals surface area (Å²) in [6, 6.07) is 15.4. The highest BCUT2D eigenvalue weighted by molar-refractivity contribution is 7.71. The summed E-state index contributed by atoms with van der Waals surface area (Å²) < 4.78 is 4.62. The van der Waals surface area contributed by atoms with Crippen LogP contribution in [0.15, 0.2) is 48.5 Å². The molecular formula is C15H9ClN4S2. The molecule has 0 unspecified atom stereocenters. The minimum atomic E-state index is 0.422. The zero-order valence-electron chi connectivity index (χ0n) is 11.2. The van der Waals surface area contributed by atoms with Crippen LogP contribution in [0.2, 0.25) is 5.02 Å². The molecule has 7 heteroatoms. The minimum absolute atomic E-state index is 0.422. The van der Waals surface area contributed by atoms with Crippen LogP contribution in [-0.4, -0.2) is 19.2 Å². The van der Waals surface area contributed by atoms with Gasteiger partial charge in [0.1, 0.15) is 0 Å². The third kappa shape index (κ3) is 1.99. The molecule has 0 aliphatic rings. The maximum absolute atomic E-state index is 6.16. The molecule has 0 aliphatic heterocycles. The van der Waals surface area contributed by atoms with Gasteiger partial charge in [-0.25, -0.2) is 9.50 Å². The number of fused-ring (bicyclic) bond motifs is 3. The average molecular weight is 345 g/mol. The highest BCUT2D eigenvalue weighted by Crippen LogP contribution is 2.25. The Balaban J connectivity index is 2.29. The Morgan fingerprint density at radius 2 is 1.82 bits per heavy atom. The summed E-state index contributed by atoms with van der Waals surface area (Å²) >= 11 is 17.0. The van der Waals surface area contributed by atoms with Crippen molar-refractivity contribution >= 4 is 52.6 Å². The lowest BCUT2D eigenvalue weighted by Gasteiger charge is -2.07. The number of aromatic amines is 1. The Morgan fingerprint density at radius 1 is 1.05 bits per heavy atom. The second-order valence-electron chi connectivity index (χ2n) is 4.80. The van der Waals surface area contributed by atoms with E-state index < -0.39 is 0 Å². The van der Waals surface area contributed by atoms with Crippen LogP contribution in [0.4, 0.5) is 0 Å². The standard InChI is InChI=1S/C15H9ClN4S2/c16-9-6-7-12-11(8-9)13-19(10-4-2-1-3-5-10)15(22)18-20(13)14(21)17-12/h1-8H,(H,18,22). The highest BCUT2D eigenvalue weighted by atomic mass is 35.5. The Labute approximate surface area is 140 Å². The van der Waals surface area contributed by atoms with Crippen molar-refractivity contribution in [2.75, 3.05) is 0 Å². The number of H-pyrrole nitrogens is 1. The smallest absolute Gasteiger partial charge is 0.221 e. The van der Waals surface area contributed by atoms with Gasteiger partial charge in [-0.1, -0.05) is 29.8 Å². The first-order valence-electron chi connectivity index (χ1n) is 6.53. The van der Waals surface area contributed by atoms with E-state index in [0.717, 1.165) is 22.2 Å². The molecule has 4 aromatic rings. The van der Waals surface area contributed by atoms with Crippen molar-refractivity contribution in [2.24, 2.45) is 0 Å². The maximum Gasteiger partial charge on any atom is 0.221 e. The predicted molar refractivity (Wildman–Crippen MR) is 93.1 cm³/mol. The number of hydrogen-bond donors (Lipinski definition) is 1. The molecule has 0 bridgehead atoms. The summed E-state index contributed by atoms with van der Waals surface area (Å²) in [6.45, 7) is 0. The SMILES string of the molecule is S=c1[nH]n2c(=S)nc3ccc(Cl)cc3c2n1-c1ccccc1. The Morgan fingerprint density at radius 3 is 2.59 bits per heavy atom. The van der Waals surface area contributed by atoms with E-state index in [0.29, 0.717) is 14.6 Å². The summed E-state index contributed by atoms with van der Waals surface area (Å²) in [5.41, 5.74) is 2.56. The van der Waals surface area contributed by atoms with Gasteiger partial charge in [-0.3, -0.25) is 9.67 Å². The average Bonchev–Trinajstić information content (AvgIpc) is 2.87. The fraction of sp³-hybridized carbons (Fsp3) is 0. The molecule has 1 N–H and O–H groups in total. The van der Waals surface area contributed by atoms with Crippen LogP contribution >= 0.6 is 36.0 Å². The molecule has 2 aromatic heterocycles. The van der Waals surface area contributed by atoms with Gasteiger partial charge in [0.05, 0.1) is 5.52 Å². The van der Waals surface area contributed by atoms with Gasteiger partial charge in [0.25, 0.3) is 0 Å². The fourth-order valence-corrected chi connectivity index (χ4v) is 3.21. The van der Waals surface area contributed by atoms with Crippen LogP contribution in [-0.2, 0) is 0 Å². The molecule has 22 heavy (non-hydrogen) atoms. The van der Waals surface area contributed by atoms with Crippen molar-refractivity contribution in [3.8, 4) is 5.69 Å². The summed E-state index contributed by atoms with van der Waals surface area (Å²) in [6.07, 6.45) is 0. The van der Waals surface area contributed by atoms with Gasteiger partial charge in [-0.05, 0) is 54.8 Å². The highest BCUT2D eigenvalue weighted by Gasteiger charge is 2.12. The summed E-state index contributed by atoms with van der Waals surface area (Å²) in [5, 5.41) is 4.62. The summed E-state index contributed by atoms with van der Waals surface area (Å²) in [4.78, 5) is 4.42. The van der Waals surface area contributed by atoms with E-state index in [1.165, 1.54) is 0 Å². The Kier molecular flexibility index (Phi) is 3.11. The molecule has 0 saturated carbocycles. The molecule has 0 fully saturated rings. The van der Waals surface area contributed by atoms with Crippen molar-refractivity contribution in [2.45, 2.75) is 0 Å². The number of benzene rings is 2. The molecule has 0 atom stereocenters. The molecule has 0 spiro atoms. The van der Waals surface area contributed by atoms with E-state index in [4.69, 9.17) is 36.0 Å². The van der Waals surface area contributed by atoms with Crippen molar-refractivity contribution in [1.29, 1.82) is 0 Å². The van der Waals surface area contributed by atoms with E-state index in [-0.39, 0.29) is 0 Å². The maximum atomic E-state index is 6.16. The first-order valence-corrected chi connectivity index (χ1v) is 7.73. The number of aromatic nitrogens is 4. The number of rotatable bonds is 1. The van der Waals surface area contributed by atoms with Crippen LogP contribution in [0.3, 0.4) is 0 Å². The van der Waals surface area contributed by atoms with E-state index >= 15 is 0 Å². The third-order valence-electron chi connectivity index (χ3n) is 3.46. The van der Waals surface area contributed by atoms with Gasteiger partial charge >= 0.3 is 0 Å². The summed E-state index contributed by atoms with van der Waals surface area (Å²) in [7, 11) is 0. The Bertz CT molecular complexity index is 1130. The third-order valence-corrected chi connectivity index (χ3v) is 4.24. The zero-order valence-corrected chi connectivity index (χ0v) is 13.5. The first kappa shape index (κ1) is 13.6. The lowest BCUT2D eigenvalue weighted by molar-refractivity contribution is 0.907. The molecule has 4 rings (SSSR count). The fourth-order valence-electron chi connectivity index (χ4n) is 2.53. The van der Waals surface area contributed by atoms with Crippen LogP contribution in [0.1, 0.15) is 0 Å². The van der Waals surface area contributed by atoms with Crippen molar-refractivity contribution in [3.63, 3.8) is 0 Å². The Hall–Kier alpha value is -2.02. The molecule has 0 saturated heterocycles. The lowest BCUT2D eigenvalue weighted by atomic mass is 10.2. The monoisotopic (exact) mass is 344 g/mol. The van der Waals surface area contributed by atoms with Gasteiger partial charge < -0.3 is 0 Å². The normalized spacial score (nSPS) is 11.3. The molecule has 0 radical (unpaired) electrons. The second-order valence-corrected chi connectivity index (χ2v) is 5.99. The van der Waals surface area contributed by atoms with Crippen molar-refractivity contribution in [3.05, 3.63) is 63.1 Å². The van der Waals surface area contributed by atoms with E-state index in [2.05, 4.69) is 10.1 Å². The number of nitrogens with zero attached hydrogens (tertiary/aromatic N) is 3. The first-order chi connectivity index (χ1) is 10.6. The van der Waals surface area contributed by atoms with Gasteiger partial charge in [-0.2, -0.15) is 0 Å².